The third-order valence-corrected chi connectivity index (χ3v) is 19.4. The topological polar surface area (TPSA) is 33.5 Å². The number of para-hydroxylation sites is 2. The minimum absolute atomic E-state index is 0. The van der Waals surface area contributed by atoms with Crippen molar-refractivity contribution >= 4 is 73.4 Å². The van der Waals surface area contributed by atoms with Crippen LogP contribution in [0.3, 0.4) is 0 Å². The monoisotopic (exact) mass is 1190 g/mol. The first-order chi connectivity index (χ1) is 38.4. The second kappa shape index (κ2) is 20.1. The molecule has 1 aliphatic rings. The molecule has 1 aliphatic heterocycles. The smallest absolute Gasteiger partial charge is 0.179 e. The van der Waals surface area contributed by atoms with Crippen LogP contribution in [-0.4, -0.2) is 17.6 Å². The van der Waals surface area contributed by atoms with Gasteiger partial charge in [-0.05, 0) is 103 Å². The van der Waals surface area contributed by atoms with Gasteiger partial charge in [-0.2, -0.15) is 12.1 Å². The van der Waals surface area contributed by atoms with Gasteiger partial charge in [-0.25, -0.2) is 4.98 Å². The Hall–Kier alpha value is -7.76. The molecular weight excluding hydrogens is 1120 g/mol. The molecule has 0 saturated carbocycles. The molecule has 9 aromatic carbocycles. The number of ether oxygens (including phenoxy) is 1. The van der Waals surface area contributed by atoms with Crippen LogP contribution in [0.2, 0.25) is 0 Å². The van der Waals surface area contributed by atoms with E-state index in [-0.39, 0.29) is 49.5 Å². The third kappa shape index (κ3) is 9.08. The summed E-state index contributed by atoms with van der Waals surface area (Å²) in [6.07, 6.45) is 1.62. The fourth-order valence-corrected chi connectivity index (χ4v) is 15.5. The summed E-state index contributed by atoms with van der Waals surface area (Å²) in [6.45, 7) is 17.6. The van der Waals surface area contributed by atoms with Gasteiger partial charge in [0.2, 0.25) is 0 Å². The number of hydrogen-bond acceptors (Lipinski definition) is 4. The van der Waals surface area contributed by atoms with E-state index in [2.05, 4.69) is 232 Å². The first-order valence-electron chi connectivity index (χ1n) is 28.0. The van der Waals surface area contributed by atoms with Crippen molar-refractivity contribution in [3.63, 3.8) is 0 Å². The molecule has 12 rings (SSSR count). The van der Waals surface area contributed by atoms with E-state index in [9.17, 15) is 0 Å². The first-order valence-corrected chi connectivity index (χ1v) is 27.5. The molecule has 7 heteroatoms. The maximum Gasteiger partial charge on any atom is 0.179 e. The maximum atomic E-state index is 8.85. The Morgan fingerprint density at radius 3 is 1.71 bits per heavy atom. The standard InChI is InChI=1S/C69H59N4OSi.Pt/c1-48-39-67(70-46-62(48)49-23-12-8-13-24-49)73-65-44-55(35-37-60(65)61-38-36-59(45-66(61)73)75(56-27-14-9-15-28-56,57-29-16-10-17-30-57)58-31-18-11-19-32-58)74-54-26-22-25-52(43-54)71-47-72(64-34-21-20-33-63(64)71)53-41-50(68(2,3)4)40-51(42-53)69(5,6)7;/h8-42,45-47H,1-7H3;/q-3;/i8D,12D,13D,23D,24D;. The quantitative estimate of drug-likeness (QED) is 0.0776. The van der Waals surface area contributed by atoms with Gasteiger partial charge in [-0.15, -0.1) is 48.1 Å². The van der Waals surface area contributed by atoms with E-state index in [1.54, 1.807) is 6.20 Å². The number of aryl methyl sites for hydroxylation is 1. The normalized spacial score (nSPS) is 13.6. The van der Waals surface area contributed by atoms with E-state index < -0.39 is 26.2 Å². The van der Waals surface area contributed by atoms with Crippen LogP contribution in [0.25, 0.3) is 38.8 Å². The van der Waals surface area contributed by atoms with Gasteiger partial charge in [0.05, 0.1) is 6.85 Å². The molecule has 11 aromatic rings. The minimum atomic E-state index is -3.00. The van der Waals surface area contributed by atoms with Gasteiger partial charge < -0.3 is 19.1 Å². The molecule has 378 valence electrons. The van der Waals surface area contributed by atoms with E-state index in [4.69, 9.17) is 16.6 Å². The van der Waals surface area contributed by atoms with Crippen molar-refractivity contribution in [1.82, 2.24) is 9.55 Å². The predicted molar refractivity (Wildman–Crippen MR) is 315 cm³/mol. The van der Waals surface area contributed by atoms with Crippen LogP contribution < -0.4 is 35.3 Å². The van der Waals surface area contributed by atoms with Crippen LogP contribution in [-0.2, 0) is 31.9 Å². The Balaban J connectivity index is 0.00000690. The maximum absolute atomic E-state index is 8.85. The van der Waals surface area contributed by atoms with Gasteiger partial charge in [0.15, 0.2) is 8.07 Å². The summed E-state index contributed by atoms with van der Waals surface area (Å²) in [6, 6.07) is 72.1. The van der Waals surface area contributed by atoms with Crippen molar-refractivity contribution in [3.05, 3.63) is 260 Å². The average molecular weight is 1190 g/mol. The zero-order valence-electron chi connectivity index (χ0n) is 48.6. The Kier molecular flexibility index (Phi) is 11.8. The van der Waals surface area contributed by atoms with Crippen molar-refractivity contribution in [2.75, 3.05) is 9.80 Å². The van der Waals surface area contributed by atoms with Crippen LogP contribution in [0.1, 0.15) is 65.1 Å². The summed E-state index contributed by atoms with van der Waals surface area (Å²) in [5.41, 5.74) is 9.31. The number of aromatic nitrogens is 2. The van der Waals surface area contributed by atoms with Gasteiger partial charge in [0.1, 0.15) is 5.82 Å². The molecule has 76 heavy (non-hydrogen) atoms. The summed E-state index contributed by atoms with van der Waals surface area (Å²) in [7, 11) is -3.00. The van der Waals surface area contributed by atoms with Crippen molar-refractivity contribution in [2.24, 2.45) is 0 Å². The molecule has 0 radical (unpaired) electrons. The van der Waals surface area contributed by atoms with Crippen molar-refractivity contribution in [3.8, 4) is 28.4 Å². The van der Waals surface area contributed by atoms with Gasteiger partial charge in [-0.1, -0.05) is 199 Å². The molecule has 0 aliphatic carbocycles. The van der Waals surface area contributed by atoms with Crippen LogP contribution in [0.15, 0.2) is 224 Å². The zero-order valence-corrected chi connectivity index (χ0v) is 46.8. The molecule has 0 bridgehead atoms. The van der Waals surface area contributed by atoms with E-state index >= 15 is 0 Å². The summed E-state index contributed by atoms with van der Waals surface area (Å²) in [5, 5.41) is 6.81. The average Bonchev–Trinajstić information content (AvgIpc) is 4.28. The van der Waals surface area contributed by atoms with Crippen LogP contribution in [0.5, 0.6) is 11.5 Å². The van der Waals surface area contributed by atoms with Crippen LogP contribution >= 0.6 is 0 Å². The molecular formula is C69H59N4OPtSi-3. The summed E-state index contributed by atoms with van der Waals surface area (Å²) in [5.74, 6) is 1.56. The molecule has 3 heterocycles. The largest absolute Gasteiger partial charge is 0.509 e. The minimum Gasteiger partial charge on any atom is -0.509 e. The number of hydrogen-bond donors (Lipinski definition) is 0. The Morgan fingerprint density at radius 1 is 0.553 bits per heavy atom. The SMILES string of the molecule is [2H]c1c([2H])c([2H])c(-c2cnc(-n3c4[c-]c(Oc5[c-]c(N6[CH-]N(c7cc(C(C)(C)C)cc(C(C)(C)C)c7)c7ccccc76)ccc5)ccc4c4ccc([Si](c5ccccc5)(c5ccccc5)c5ccccc5)cc43)cc2C)c([2H])c1[2H].[Pt]. The molecule has 5 nitrogen and oxygen atoms in total. The molecule has 0 amide bonds. The van der Waals surface area contributed by atoms with Crippen molar-refractivity contribution < 1.29 is 32.7 Å². The molecule has 0 N–H and O–H groups in total. The molecule has 0 saturated heterocycles. The van der Waals surface area contributed by atoms with Crippen LogP contribution in [0, 0.1) is 25.7 Å². The Bertz CT molecular complexity index is 4040. The second-order valence-electron chi connectivity index (χ2n) is 21.5. The number of pyridine rings is 1. The van der Waals surface area contributed by atoms with Crippen LogP contribution in [0.4, 0.5) is 22.7 Å². The summed E-state index contributed by atoms with van der Waals surface area (Å²) in [4.78, 5) is 9.53. The summed E-state index contributed by atoms with van der Waals surface area (Å²) < 4.78 is 51.8. The van der Waals surface area contributed by atoms with Gasteiger partial charge >= 0.3 is 0 Å². The Morgan fingerprint density at radius 2 is 1.12 bits per heavy atom. The van der Waals surface area contributed by atoms with Crippen molar-refractivity contribution in [1.29, 1.82) is 0 Å². The molecule has 0 fully saturated rings. The van der Waals surface area contributed by atoms with E-state index in [1.165, 1.54) is 31.9 Å². The van der Waals surface area contributed by atoms with Crippen molar-refractivity contribution in [2.45, 2.75) is 59.3 Å². The fraction of sp³-hybridized carbons (Fsp3) is 0.130. The predicted octanol–water partition coefficient (Wildman–Crippen LogP) is 14.9. The fourth-order valence-electron chi connectivity index (χ4n) is 10.7. The summed E-state index contributed by atoms with van der Waals surface area (Å²) >= 11 is 0. The molecule has 0 unspecified atom stereocenters. The molecule has 0 spiro atoms. The molecule has 0 atom stereocenters. The number of fused-ring (bicyclic) bond motifs is 4. The number of benzene rings is 9. The number of nitrogens with zero attached hydrogens (tertiary/aromatic N) is 4. The van der Waals surface area contributed by atoms with E-state index in [0.717, 1.165) is 44.6 Å². The van der Waals surface area contributed by atoms with Gasteiger partial charge in [-0.3, -0.25) is 0 Å². The zero-order chi connectivity index (χ0) is 55.8. The number of rotatable bonds is 10. The van der Waals surface area contributed by atoms with E-state index in [1.807, 2.05) is 37.3 Å². The number of anilines is 4. The third-order valence-electron chi connectivity index (χ3n) is 14.6. The first kappa shape index (κ1) is 44.5. The van der Waals surface area contributed by atoms with Gasteiger partial charge in [0, 0.05) is 66.9 Å². The molecule has 2 aromatic heterocycles. The Labute approximate surface area is 470 Å². The van der Waals surface area contributed by atoms with E-state index in [0.29, 0.717) is 28.4 Å². The van der Waals surface area contributed by atoms with Gasteiger partial charge in [0.25, 0.3) is 0 Å². The second-order valence-corrected chi connectivity index (χ2v) is 25.3.